The summed E-state index contributed by atoms with van der Waals surface area (Å²) in [5.74, 6) is 0.532. The number of hydrogen-bond acceptors (Lipinski definition) is 5. The Hall–Kier alpha value is -2.02. The van der Waals surface area contributed by atoms with Gasteiger partial charge in [0, 0.05) is 24.2 Å². The van der Waals surface area contributed by atoms with Crippen LogP contribution in [0.25, 0.3) is 0 Å². The molecule has 0 aliphatic carbocycles. The number of hydrogen-bond donors (Lipinski definition) is 1. The summed E-state index contributed by atoms with van der Waals surface area (Å²) in [4.78, 5) is 20.4. The zero-order valence-corrected chi connectivity index (χ0v) is 11.8. The van der Waals surface area contributed by atoms with Crippen molar-refractivity contribution in [1.82, 2.24) is 5.32 Å². The van der Waals surface area contributed by atoms with Crippen molar-refractivity contribution in [2.24, 2.45) is 5.92 Å². The van der Waals surface area contributed by atoms with Crippen LogP contribution in [-0.4, -0.2) is 15.9 Å². The van der Waals surface area contributed by atoms with Crippen molar-refractivity contribution >= 4 is 11.4 Å². The molecule has 0 bridgehead atoms. The van der Waals surface area contributed by atoms with Gasteiger partial charge in [-0.05, 0) is 25.3 Å². The smallest absolute Gasteiger partial charge is 0.280 e. The molecule has 0 fully saturated rings. The topological polar surface area (TPSA) is 98.3 Å². The third-order valence-electron chi connectivity index (χ3n) is 2.94. The highest BCUT2D eigenvalue weighted by atomic mass is 16.6. The van der Waals surface area contributed by atoms with E-state index < -0.39 is 9.85 Å². The fraction of sp³-hybridized carbons (Fsp3) is 0.538. The van der Waals surface area contributed by atoms with Crippen molar-refractivity contribution in [3.8, 4) is 0 Å². The number of nitro groups is 2. The minimum absolute atomic E-state index is 0.219. The Morgan fingerprint density at radius 1 is 1.15 bits per heavy atom. The fourth-order valence-electron chi connectivity index (χ4n) is 2.06. The molecule has 7 heteroatoms. The lowest BCUT2D eigenvalue weighted by Gasteiger charge is -2.15. The molecule has 0 aliphatic rings. The minimum atomic E-state index is -0.633. The maximum atomic E-state index is 11.0. The second-order valence-electron chi connectivity index (χ2n) is 5.24. The number of benzene rings is 1. The Morgan fingerprint density at radius 3 is 2.30 bits per heavy atom. The molecule has 20 heavy (non-hydrogen) atoms. The van der Waals surface area contributed by atoms with Crippen molar-refractivity contribution in [2.75, 3.05) is 0 Å². The summed E-state index contributed by atoms with van der Waals surface area (Å²) in [5, 5.41) is 24.8. The number of nitrogens with one attached hydrogen (secondary N) is 1. The predicted octanol–water partition coefficient (Wildman–Crippen LogP) is 3.03. The second-order valence-corrected chi connectivity index (χ2v) is 5.24. The first-order valence-corrected chi connectivity index (χ1v) is 6.46. The van der Waals surface area contributed by atoms with Gasteiger partial charge in [-0.3, -0.25) is 20.2 Å². The molecule has 1 N–H and O–H groups in total. The van der Waals surface area contributed by atoms with Crippen LogP contribution in [-0.2, 0) is 6.54 Å². The summed E-state index contributed by atoms with van der Waals surface area (Å²) in [6, 6.07) is 3.96. The van der Waals surface area contributed by atoms with Gasteiger partial charge in [0.1, 0.15) is 0 Å². The summed E-state index contributed by atoms with van der Waals surface area (Å²) < 4.78 is 0. The first kappa shape index (κ1) is 16.0. The van der Waals surface area contributed by atoms with Gasteiger partial charge in [-0.1, -0.05) is 13.8 Å². The van der Waals surface area contributed by atoms with Crippen molar-refractivity contribution in [3.63, 3.8) is 0 Å². The summed E-state index contributed by atoms with van der Waals surface area (Å²) in [7, 11) is 0. The predicted molar refractivity (Wildman–Crippen MR) is 75.5 cm³/mol. The highest BCUT2D eigenvalue weighted by Gasteiger charge is 2.19. The van der Waals surface area contributed by atoms with Crippen molar-refractivity contribution in [2.45, 2.75) is 39.8 Å². The molecule has 110 valence electrons. The standard InChI is InChI=1S/C13H19N3O4/c1-9(2)6-10(3)14-8-11-4-5-12(15(17)18)7-13(11)16(19)20/h4-5,7,9-10,14H,6,8H2,1-3H3. The molecule has 0 heterocycles. The highest BCUT2D eigenvalue weighted by molar-refractivity contribution is 5.49. The van der Waals surface area contributed by atoms with Crippen LogP contribution in [0.5, 0.6) is 0 Å². The maximum absolute atomic E-state index is 11.0. The molecule has 0 radical (unpaired) electrons. The first-order chi connectivity index (χ1) is 9.31. The molecular weight excluding hydrogens is 262 g/mol. The van der Waals surface area contributed by atoms with E-state index in [1.807, 2.05) is 6.92 Å². The quantitative estimate of drug-likeness (QED) is 0.611. The van der Waals surface area contributed by atoms with Crippen LogP contribution in [0.1, 0.15) is 32.8 Å². The Kier molecular flexibility index (Phi) is 5.57. The van der Waals surface area contributed by atoms with E-state index in [1.165, 1.54) is 12.1 Å². The molecule has 1 rings (SSSR count). The van der Waals surface area contributed by atoms with Crippen LogP contribution < -0.4 is 5.32 Å². The van der Waals surface area contributed by atoms with E-state index >= 15 is 0 Å². The van der Waals surface area contributed by atoms with Crippen LogP contribution in [0.3, 0.4) is 0 Å². The highest BCUT2D eigenvalue weighted by Crippen LogP contribution is 2.24. The molecule has 0 saturated heterocycles. The number of nitrogens with zero attached hydrogens (tertiary/aromatic N) is 2. The van der Waals surface area contributed by atoms with Crippen LogP contribution in [0.2, 0.25) is 0 Å². The molecule has 0 aliphatic heterocycles. The second kappa shape index (κ2) is 6.95. The van der Waals surface area contributed by atoms with Crippen LogP contribution in [0.4, 0.5) is 11.4 Å². The Labute approximate surface area is 117 Å². The zero-order valence-electron chi connectivity index (χ0n) is 11.8. The molecule has 1 aromatic rings. The van der Waals surface area contributed by atoms with Crippen molar-refractivity contribution < 1.29 is 9.85 Å². The summed E-state index contributed by atoms with van der Waals surface area (Å²) >= 11 is 0. The SMILES string of the molecule is CC(C)CC(C)NCc1ccc([N+](=O)[O-])cc1[N+](=O)[O-]. The van der Waals surface area contributed by atoms with Crippen LogP contribution >= 0.6 is 0 Å². The van der Waals surface area contributed by atoms with E-state index in [1.54, 1.807) is 0 Å². The average Bonchev–Trinajstić information content (AvgIpc) is 2.35. The maximum Gasteiger partial charge on any atom is 0.280 e. The van der Waals surface area contributed by atoms with E-state index in [9.17, 15) is 20.2 Å². The van der Waals surface area contributed by atoms with E-state index in [0.717, 1.165) is 12.5 Å². The van der Waals surface area contributed by atoms with Gasteiger partial charge >= 0.3 is 0 Å². The average molecular weight is 281 g/mol. The van der Waals surface area contributed by atoms with Gasteiger partial charge in [0.2, 0.25) is 0 Å². The lowest BCUT2D eigenvalue weighted by Crippen LogP contribution is -2.27. The first-order valence-electron chi connectivity index (χ1n) is 6.46. The molecule has 1 unspecified atom stereocenters. The van der Waals surface area contributed by atoms with Gasteiger partial charge in [0.05, 0.1) is 15.9 Å². The Morgan fingerprint density at radius 2 is 1.80 bits per heavy atom. The van der Waals surface area contributed by atoms with Gasteiger partial charge in [-0.15, -0.1) is 0 Å². The van der Waals surface area contributed by atoms with E-state index in [2.05, 4.69) is 19.2 Å². The third-order valence-corrected chi connectivity index (χ3v) is 2.94. The monoisotopic (exact) mass is 281 g/mol. The van der Waals surface area contributed by atoms with Crippen LogP contribution in [0.15, 0.2) is 18.2 Å². The fourth-order valence-corrected chi connectivity index (χ4v) is 2.06. The van der Waals surface area contributed by atoms with E-state index in [0.29, 0.717) is 18.0 Å². The molecule has 0 amide bonds. The number of non-ortho nitro benzene ring substituents is 1. The normalized spacial score (nSPS) is 12.4. The number of rotatable bonds is 7. The molecule has 7 nitrogen and oxygen atoms in total. The van der Waals surface area contributed by atoms with Gasteiger partial charge in [0.25, 0.3) is 11.4 Å². The van der Waals surface area contributed by atoms with Crippen molar-refractivity contribution in [1.29, 1.82) is 0 Å². The molecule has 0 spiro atoms. The Balaban J connectivity index is 2.84. The van der Waals surface area contributed by atoms with Gasteiger partial charge < -0.3 is 5.32 Å². The Bertz CT molecular complexity index is 502. The molecule has 1 aromatic carbocycles. The summed E-state index contributed by atoms with van der Waals surface area (Å²) in [5.41, 5.74) is -0.0321. The largest absolute Gasteiger partial charge is 0.310 e. The minimum Gasteiger partial charge on any atom is -0.310 e. The number of nitro benzene ring substituents is 2. The lowest BCUT2D eigenvalue weighted by atomic mass is 10.0. The summed E-state index contributed by atoms with van der Waals surface area (Å²) in [6.45, 7) is 6.54. The third kappa shape index (κ3) is 4.58. The van der Waals surface area contributed by atoms with Crippen molar-refractivity contribution in [3.05, 3.63) is 44.0 Å². The van der Waals surface area contributed by atoms with Gasteiger partial charge in [0.15, 0.2) is 0 Å². The van der Waals surface area contributed by atoms with Gasteiger partial charge in [-0.2, -0.15) is 0 Å². The molecule has 0 aromatic heterocycles. The summed E-state index contributed by atoms with van der Waals surface area (Å²) in [6.07, 6.45) is 0.959. The molecule has 0 saturated carbocycles. The van der Waals surface area contributed by atoms with Gasteiger partial charge in [-0.25, -0.2) is 0 Å². The van der Waals surface area contributed by atoms with E-state index in [4.69, 9.17) is 0 Å². The van der Waals surface area contributed by atoms with E-state index in [-0.39, 0.29) is 17.4 Å². The van der Waals surface area contributed by atoms with Crippen LogP contribution in [0, 0.1) is 26.1 Å². The molecule has 1 atom stereocenters. The molecular formula is C13H19N3O4. The lowest BCUT2D eigenvalue weighted by molar-refractivity contribution is -0.394. The zero-order chi connectivity index (χ0) is 15.3.